The summed E-state index contributed by atoms with van der Waals surface area (Å²) in [6.45, 7) is 1.65. The van der Waals surface area contributed by atoms with Crippen molar-refractivity contribution in [1.82, 2.24) is 15.0 Å². The van der Waals surface area contributed by atoms with E-state index in [0.29, 0.717) is 65.1 Å². The van der Waals surface area contributed by atoms with Crippen LogP contribution in [0.5, 0.6) is 0 Å². The maximum Gasteiger partial charge on any atom is 0.270 e. The molecule has 148 valence electrons. The molecule has 0 unspecified atom stereocenters. The van der Waals surface area contributed by atoms with E-state index in [4.69, 9.17) is 0 Å². The highest BCUT2D eigenvalue weighted by molar-refractivity contribution is 7.17. The van der Waals surface area contributed by atoms with Crippen LogP contribution in [0.4, 0.5) is 15.9 Å². The van der Waals surface area contributed by atoms with Gasteiger partial charge < -0.3 is 10.0 Å². The molecule has 5 heterocycles. The molecule has 7 nitrogen and oxygen atoms in total. The van der Waals surface area contributed by atoms with Gasteiger partial charge in [-0.1, -0.05) is 0 Å². The van der Waals surface area contributed by atoms with Gasteiger partial charge in [0.1, 0.15) is 15.7 Å². The molecule has 0 atom stereocenters. The monoisotopic (exact) mass is 411 g/mol. The normalized spacial score (nSPS) is 17.1. The van der Waals surface area contributed by atoms with Crippen molar-refractivity contribution in [2.75, 3.05) is 22.9 Å². The molecule has 5 rings (SSSR count). The Morgan fingerprint density at radius 3 is 2.69 bits per heavy atom. The van der Waals surface area contributed by atoms with Gasteiger partial charge in [0.25, 0.3) is 5.91 Å². The Labute approximate surface area is 170 Å². The summed E-state index contributed by atoms with van der Waals surface area (Å²) in [5, 5.41) is 10.1. The first-order chi connectivity index (χ1) is 14.1. The van der Waals surface area contributed by atoms with Crippen molar-refractivity contribution < 1.29 is 14.3 Å². The van der Waals surface area contributed by atoms with Gasteiger partial charge in [0.15, 0.2) is 0 Å². The molecule has 0 saturated carbocycles. The number of halogens is 1. The van der Waals surface area contributed by atoms with E-state index < -0.39 is 5.95 Å². The number of fused-ring (bicyclic) bond motifs is 1. The molecule has 3 aromatic rings. The van der Waals surface area contributed by atoms with E-state index in [1.165, 1.54) is 11.3 Å². The highest BCUT2D eigenvalue weighted by Gasteiger charge is 2.33. The van der Waals surface area contributed by atoms with Crippen LogP contribution in [0.3, 0.4) is 0 Å². The molecule has 29 heavy (non-hydrogen) atoms. The third-order valence-electron chi connectivity index (χ3n) is 5.26. The van der Waals surface area contributed by atoms with Crippen molar-refractivity contribution in [3.8, 4) is 10.6 Å². The zero-order valence-electron chi connectivity index (χ0n) is 15.5. The fourth-order valence-corrected chi connectivity index (χ4v) is 4.70. The predicted octanol–water partition coefficient (Wildman–Crippen LogP) is 2.86. The number of hydrogen-bond donors (Lipinski definition) is 1. The predicted molar refractivity (Wildman–Crippen MR) is 108 cm³/mol. The van der Waals surface area contributed by atoms with Gasteiger partial charge in [0, 0.05) is 19.3 Å². The number of carbonyl (C=O) groups excluding carboxylic acids is 1. The average molecular weight is 411 g/mol. The van der Waals surface area contributed by atoms with Crippen molar-refractivity contribution in [2.24, 2.45) is 0 Å². The minimum absolute atomic E-state index is 0.145. The molecule has 2 aliphatic heterocycles. The highest BCUT2D eigenvalue weighted by atomic mass is 32.1. The molecule has 3 aromatic heterocycles. The number of thiazole rings is 1. The first kappa shape index (κ1) is 18.1. The van der Waals surface area contributed by atoms with Gasteiger partial charge in [0.05, 0.1) is 35.8 Å². The van der Waals surface area contributed by atoms with Crippen LogP contribution in [-0.4, -0.2) is 45.2 Å². The Hall–Kier alpha value is -2.91. The molecule has 0 spiro atoms. The number of hydrogen-bond acceptors (Lipinski definition) is 7. The van der Waals surface area contributed by atoms with Crippen molar-refractivity contribution in [3.05, 3.63) is 53.2 Å². The SMILES string of the molecule is O=C1c2sc(-c3ccc(N4CCC(O)CC4)nc3F)nc2CN1c1cccnc1. The second kappa shape index (κ2) is 7.16. The van der Waals surface area contributed by atoms with Crippen LogP contribution in [0, 0.1) is 5.95 Å². The molecule has 1 amide bonds. The summed E-state index contributed by atoms with van der Waals surface area (Å²) in [5.41, 5.74) is 1.66. The molecule has 0 bridgehead atoms. The zero-order chi connectivity index (χ0) is 20.0. The van der Waals surface area contributed by atoms with Gasteiger partial charge in [-0.15, -0.1) is 11.3 Å². The number of aliphatic hydroxyl groups excluding tert-OH is 1. The number of anilines is 2. The van der Waals surface area contributed by atoms with Crippen LogP contribution < -0.4 is 9.80 Å². The first-order valence-corrected chi connectivity index (χ1v) is 10.2. The van der Waals surface area contributed by atoms with Crippen LogP contribution in [-0.2, 0) is 6.54 Å². The summed E-state index contributed by atoms with van der Waals surface area (Å²) in [5.74, 6) is -0.188. The lowest BCUT2D eigenvalue weighted by molar-refractivity contribution is 0.1000. The van der Waals surface area contributed by atoms with Crippen molar-refractivity contribution >= 4 is 28.7 Å². The van der Waals surface area contributed by atoms with E-state index >= 15 is 0 Å². The largest absolute Gasteiger partial charge is 0.393 e. The average Bonchev–Trinajstić information content (AvgIpc) is 3.28. The van der Waals surface area contributed by atoms with Crippen molar-refractivity contribution in [3.63, 3.8) is 0 Å². The number of nitrogens with zero attached hydrogens (tertiary/aromatic N) is 5. The van der Waals surface area contributed by atoms with Crippen LogP contribution in [0.2, 0.25) is 0 Å². The summed E-state index contributed by atoms with van der Waals surface area (Å²) in [7, 11) is 0. The van der Waals surface area contributed by atoms with Gasteiger partial charge in [-0.25, -0.2) is 9.97 Å². The van der Waals surface area contributed by atoms with E-state index in [-0.39, 0.29) is 12.0 Å². The van der Waals surface area contributed by atoms with E-state index in [0.717, 1.165) is 0 Å². The molecule has 1 fully saturated rings. The van der Waals surface area contributed by atoms with Crippen molar-refractivity contribution in [2.45, 2.75) is 25.5 Å². The van der Waals surface area contributed by atoms with E-state index in [1.807, 2.05) is 11.0 Å². The summed E-state index contributed by atoms with van der Waals surface area (Å²) >= 11 is 1.19. The van der Waals surface area contributed by atoms with Crippen LogP contribution >= 0.6 is 11.3 Å². The Bertz CT molecular complexity index is 1070. The maximum atomic E-state index is 14.7. The minimum Gasteiger partial charge on any atom is -0.393 e. The van der Waals surface area contributed by atoms with Crippen LogP contribution in [0.15, 0.2) is 36.7 Å². The van der Waals surface area contributed by atoms with E-state index in [1.54, 1.807) is 35.5 Å². The van der Waals surface area contributed by atoms with E-state index in [2.05, 4.69) is 15.0 Å². The van der Waals surface area contributed by atoms with Gasteiger partial charge >= 0.3 is 0 Å². The third-order valence-corrected chi connectivity index (χ3v) is 6.37. The summed E-state index contributed by atoms with van der Waals surface area (Å²) in [4.78, 5) is 29.5. The molecule has 0 aliphatic carbocycles. The molecular formula is C20H18FN5O2S. The van der Waals surface area contributed by atoms with Gasteiger partial charge in [0.2, 0.25) is 5.95 Å². The van der Waals surface area contributed by atoms with Crippen LogP contribution in [0.1, 0.15) is 28.2 Å². The summed E-state index contributed by atoms with van der Waals surface area (Å²) < 4.78 is 14.7. The Kier molecular flexibility index (Phi) is 4.48. The molecule has 9 heteroatoms. The molecule has 1 saturated heterocycles. The van der Waals surface area contributed by atoms with Gasteiger partial charge in [-0.05, 0) is 37.1 Å². The topological polar surface area (TPSA) is 82.5 Å². The van der Waals surface area contributed by atoms with Crippen LogP contribution in [0.25, 0.3) is 10.6 Å². The first-order valence-electron chi connectivity index (χ1n) is 9.41. The Morgan fingerprint density at radius 2 is 2.00 bits per heavy atom. The fourth-order valence-electron chi connectivity index (χ4n) is 3.66. The molecular weight excluding hydrogens is 393 g/mol. The number of piperidine rings is 1. The van der Waals surface area contributed by atoms with Crippen molar-refractivity contribution in [1.29, 1.82) is 0 Å². The lowest BCUT2D eigenvalue weighted by atomic mass is 10.1. The third kappa shape index (κ3) is 3.26. The number of aliphatic hydroxyl groups is 1. The number of carbonyl (C=O) groups is 1. The number of pyridine rings is 2. The molecule has 0 aromatic carbocycles. The van der Waals surface area contributed by atoms with Gasteiger partial charge in [-0.3, -0.25) is 14.7 Å². The zero-order valence-corrected chi connectivity index (χ0v) is 16.3. The molecule has 0 radical (unpaired) electrons. The summed E-state index contributed by atoms with van der Waals surface area (Å²) in [6, 6.07) is 7.04. The number of amides is 1. The van der Waals surface area contributed by atoms with E-state index in [9.17, 15) is 14.3 Å². The standard InChI is InChI=1S/C20H18FN5O2S/c21-18-14(3-4-16(24-18)25-8-5-13(27)6-9-25)19-23-15-11-26(20(28)17(15)29-19)12-2-1-7-22-10-12/h1-4,7,10,13,27H,5-6,8-9,11H2. The second-order valence-electron chi connectivity index (χ2n) is 7.12. The fraction of sp³-hybridized carbons (Fsp3) is 0.300. The number of aromatic nitrogens is 3. The summed E-state index contributed by atoms with van der Waals surface area (Å²) in [6.07, 6.45) is 4.30. The maximum absolute atomic E-state index is 14.7. The van der Waals surface area contributed by atoms with Gasteiger partial charge in [-0.2, -0.15) is 4.39 Å². The smallest absolute Gasteiger partial charge is 0.270 e. The quantitative estimate of drug-likeness (QED) is 0.668. The Morgan fingerprint density at radius 1 is 1.17 bits per heavy atom. The number of rotatable bonds is 3. The molecule has 2 aliphatic rings. The Balaban J connectivity index is 1.39. The lowest BCUT2D eigenvalue weighted by Gasteiger charge is -2.30. The highest BCUT2D eigenvalue weighted by Crippen LogP contribution is 2.36. The second-order valence-corrected chi connectivity index (χ2v) is 8.12. The lowest BCUT2D eigenvalue weighted by Crippen LogP contribution is -2.36. The molecule has 1 N–H and O–H groups in total. The minimum atomic E-state index is -0.599.